The summed E-state index contributed by atoms with van der Waals surface area (Å²) in [6.07, 6.45) is 1.46. The summed E-state index contributed by atoms with van der Waals surface area (Å²) in [4.78, 5) is 15.1. The van der Waals surface area contributed by atoms with E-state index < -0.39 is 4.92 Å². The molecule has 0 fully saturated rings. The first-order valence-electron chi connectivity index (χ1n) is 6.52. The zero-order valence-corrected chi connectivity index (χ0v) is 11.7. The van der Waals surface area contributed by atoms with Crippen molar-refractivity contribution in [2.75, 3.05) is 7.11 Å². The number of aromatic nitrogens is 1. The van der Waals surface area contributed by atoms with E-state index in [1.54, 1.807) is 36.4 Å². The van der Waals surface area contributed by atoms with E-state index in [1.807, 2.05) is 0 Å². The molecule has 0 aliphatic rings. The fraction of sp³-hybridized carbons (Fsp3) is 0.0625. The van der Waals surface area contributed by atoms with Gasteiger partial charge in [-0.1, -0.05) is 18.2 Å². The molecule has 0 unspecified atom stereocenters. The Labute approximate surface area is 125 Å². The minimum Gasteiger partial charge on any atom is -0.507 e. The van der Waals surface area contributed by atoms with Gasteiger partial charge in [-0.3, -0.25) is 10.1 Å². The minimum absolute atomic E-state index is 0.0605. The zero-order valence-electron chi connectivity index (χ0n) is 11.7. The molecule has 0 bridgehead atoms. The van der Waals surface area contributed by atoms with E-state index in [0.717, 1.165) is 0 Å². The van der Waals surface area contributed by atoms with Gasteiger partial charge < -0.3 is 9.84 Å². The molecule has 22 heavy (non-hydrogen) atoms. The summed E-state index contributed by atoms with van der Waals surface area (Å²) in [6.45, 7) is 0. The Kier molecular flexibility index (Phi) is 3.34. The summed E-state index contributed by atoms with van der Waals surface area (Å²) < 4.78 is 5.26. The minimum atomic E-state index is -0.490. The van der Waals surface area contributed by atoms with Crippen molar-refractivity contribution in [1.29, 1.82) is 0 Å². The van der Waals surface area contributed by atoms with Gasteiger partial charge in [0.1, 0.15) is 11.5 Å². The third-order valence-corrected chi connectivity index (χ3v) is 3.42. The van der Waals surface area contributed by atoms with Gasteiger partial charge in [0.05, 0.1) is 17.6 Å². The average molecular weight is 296 g/mol. The summed E-state index contributed by atoms with van der Waals surface area (Å²) in [5.74, 6) is 0.426. The average Bonchev–Trinajstić information content (AvgIpc) is 2.54. The van der Waals surface area contributed by atoms with Crippen molar-refractivity contribution in [1.82, 2.24) is 4.98 Å². The Morgan fingerprint density at radius 2 is 1.95 bits per heavy atom. The second-order valence-electron chi connectivity index (χ2n) is 4.65. The molecule has 0 radical (unpaired) electrons. The van der Waals surface area contributed by atoms with E-state index in [4.69, 9.17) is 4.74 Å². The predicted octanol–water partition coefficient (Wildman–Crippen LogP) is 3.52. The third kappa shape index (κ3) is 2.10. The number of phenolic OH excluding ortho intramolecular Hbond substituents is 1. The Bertz CT molecular complexity index is 877. The topological polar surface area (TPSA) is 85.5 Å². The molecule has 0 saturated carbocycles. The quantitative estimate of drug-likeness (QED) is 0.590. The Hall–Kier alpha value is -3.15. The monoisotopic (exact) mass is 296 g/mol. The highest BCUT2D eigenvalue weighted by Crippen LogP contribution is 2.42. The van der Waals surface area contributed by atoms with E-state index >= 15 is 0 Å². The smallest absolute Gasteiger partial charge is 0.303 e. The first-order chi connectivity index (χ1) is 10.6. The van der Waals surface area contributed by atoms with E-state index in [9.17, 15) is 15.2 Å². The number of pyridine rings is 1. The molecule has 1 heterocycles. The van der Waals surface area contributed by atoms with Crippen LogP contribution >= 0.6 is 0 Å². The van der Waals surface area contributed by atoms with E-state index in [-0.39, 0.29) is 22.5 Å². The number of ether oxygens (including phenoxy) is 1. The number of nitro benzene ring substituents is 1. The second-order valence-corrected chi connectivity index (χ2v) is 4.65. The van der Waals surface area contributed by atoms with Crippen LogP contribution in [0.4, 0.5) is 5.69 Å². The summed E-state index contributed by atoms with van der Waals surface area (Å²) in [6, 6.07) is 11.5. The number of rotatable bonds is 3. The summed E-state index contributed by atoms with van der Waals surface area (Å²) in [7, 11) is 1.49. The summed E-state index contributed by atoms with van der Waals surface area (Å²) in [5, 5.41) is 22.1. The molecule has 3 aromatic rings. The highest BCUT2D eigenvalue weighted by atomic mass is 16.6. The number of benzene rings is 2. The molecular weight excluding hydrogens is 284 g/mol. The standard InChI is InChI=1S/C16H12N2O4/c1-22-14-7-3-2-5-10(14)12-9-13(19)11-6-4-8-17-15(11)16(12)18(20)21/h2-9,19H,1H3. The summed E-state index contributed by atoms with van der Waals surface area (Å²) >= 11 is 0. The van der Waals surface area contributed by atoms with Gasteiger partial charge in [0, 0.05) is 17.1 Å². The highest BCUT2D eigenvalue weighted by Gasteiger charge is 2.24. The number of nitro groups is 1. The number of fused-ring (bicyclic) bond motifs is 1. The van der Waals surface area contributed by atoms with Crippen molar-refractivity contribution in [2.24, 2.45) is 0 Å². The molecule has 6 heteroatoms. The molecule has 0 aliphatic heterocycles. The largest absolute Gasteiger partial charge is 0.507 e. The maximum Gasteiger partial charge on any atom is 0.303 e. The molecule has 0 saturated heterocycles. The molecule has 0 aliphatic carbocycles. The van der Waals surface area contributed by atoms with Crippen molar-refractivity contribution >= 4 is 16.6 Å². The van der Waals surface area contributed by atoms with Crippen LogP contribution in [-0.4, -0.2) is 22.1 Å². The Morgan fingerprint density at radius 1 is 1.18 bits per heavy atom. The number of hydrogen-bond donors (Lipinski definition) is 1. The number of nitrogens with zero attached hydrogens (tertiary/aromatic N) is 2. The fourth-order valence-corrected chi connectivity index (χ4v) is 2.47. The van der Waals surface area contributed by atoms with Crippen molar-refractivity contribution in [3.05, 3.63) is 58.8 Å². The highest BCUT2D eigenvalue weighted by molar-refractivity contribution is 6.00. The first-order valence-corrected chi connectivity index (χ1v) is 6.52. The zero-order chi connectivity index (χ0) is 15.7. The van der Waals surface area contributed by atoms with Crippen LogP contribution in [0.5, 0.6) is 11.5 Å². The number of para-hydroxylation sites is 1. The molecule has 110 valence electrons. The van der Waals surface area contributed by atoms with Gasteiger partial charge in [0.25, 0.3) is 0 Å². The number of hydrogen-bond acceptors (Lipinski definition) is 5. The number of methoxy groups -OCH3 is 1. The van der Waals surface area contributed by atoms with E-state index in [0.29, 0.717) is 16.7 Å². The maximum absolute atomic E-state index is 11.6. The second kappa shape index (κ2) is 5.33. The third-order valence-electron chi connectivity index (χ3n) is 3.42. The number of aromatic hydroxyl groups is 1. The SMILES string of the molecule is COc1ccccc1-c1cc(O)c2cccnc2c1[N+](=O)[O-]. The van der Waals surface area contributed by atoms with Crippen LogP contribution in [0.15, 0.2) is 48.7 Å². The number of phenols is 1. The molecule has 1 aromatic heterocycles. The maximum atomic E-state index is 11.6. The van der Waals surface area contributed by atoms with Crippen molar-refractivity contribution in [2.45, 2.75) is 0 Å². The van der Waals surface area contributed by atoms with Gasteiger partial charge >= 0.3 is 5.69 Å². The van der Waals surface area contributed by atoms with Gasteiger partial charge in [-0.25, -0.2) is 4.98 Å². The lowest BCUT2D eigenvalue weighted by molar-refractivity contribution is -0.382. The van der Waals surface area contributed by atoms with Crippen molar-refractivity contribution in [3.63, 3.8) is 0 Å². The van der Waals surface area contributed by atoms with Crippen LogP contribution in [0.1, 0.15) is 0 Å². The molecule has 0 spiro atoms. The lowest BCUT2D eigenvalue weighted by Crippen LogP contribution is -1.97. The molecule has 0 amide bonds. The lowest BCUT2D eigenvalue weighted by Gasteiger charge is -2.11. The fourth-order valence-electron chi connectivity index (χ4n) is 2.47. The lowest BCUT2D eigenvalue weighted by atomic mass is 9.99. The molecule has 6 nitrogen and oxygen atoms in total. The normalized spacial score (nSPS) is 10.6. The van der Waals surface area contributed by atoms with Gasteiger partial charge in [-0.05, 0) is 24.3 Å². The van der Waals surface area contributed by atoms with E-state index in [2.05, 4.69) is 4.98 Å². The van der Waals surface area contributed by atoms with Gasteiger partial charge in [-0.15, -0.1) is 0 Å². The Balaban J connectivity index is 2.44. The molecule has 1 N–H and O–H groups in total. The van der Waals surface area contributed by atoms with Crippen LogP contribution in [0, 0.1) is 10.1 Å². The molecule has 3 rings (SSSR count). The molecular formula is C16H12N2O4. The van der Waals surface area contributed by atoms with Crippen LogP contribution in [0.3, 0.4) is 0 Å². The molecule has 0 atom stereocenters. The Morgan fingerprint density at radius 3 is 2.68 bits per heavy atom. The first kappa shape index (κ1) is 13.8. The van der Waals surface area contributed by atoms with Gasteiger partial charge in [-0.2, -0.15) is 0 Å². The van der Waals surface area contributed by atoms with Crippen LogP contribution < -0.4 is 4.74 Å². The van der Waals surface area contributed by atoms with Crippen LogP contribution in [-0.2, 0) is 0 Å². The molecule has 2 aromatic carbocycles. The predicted molar refractivity (Wildman–Crippen MR) is 82.1 cm³/mol. The summed E-state index contributed by atoms with van der Waals surface area (Å²) in [5.41, 5.74) is 0.789. The van der Waals surface area contributed by atoms with Crippen molar-refractivity contribution < 1.29 is 14.8 Å². The van der Waals surface area contributed by atoms with Gasteiger partial charge in [0.15, 0.2) is 5.52 Å². The van der Waals surface area contributed by atoms with E-state index in [1.165, 1.54) is 19.4 Å². The van der Waals surface area contributed by atoms with Crippen molar-refractivity contribution in [3.8, 4) is 22.6 Å². The van der Waals surface area contributed by atoms with Crippen LogP contribution in [0.2, 0.25) is 0 Å². The van der Waals surface area contributed by atoms with Gasteiger partial charge in [0.2, 0.25) is 0 Å². The van der Waals surface area contributed by atoms with Crippen LogP contribution in [0.25, 0.3) is 22.0 Å².